The zero-order valence-electron chi connectivity index (χ0n) is 12.3. The summed E-state index contributed by atoms with van der Waals surface area (Å²) in [4.78, 5) is 15.4. The van der Waals surface area contributed by atoms with E-state index in [0.717, 1.165) is 25.2 Å². The molecule has 1 fully saturated rings. The standard InChI is InChI=1S/C15H23N3O2/c1-11-10-18(9-8-17(11)3)14-6-4-13(5-7-14)12(2)16-15(19)20/h4-7,11-12,16H,8-10H2,1-3H3,(H,19,20)/t11-,12+/m1/s1. The Kier molecular flexibility index (Phi) is 4.49. The number of nitrogens with zero attached hydrogens (tertiary/aromatic N) is 2. The van der Waals surface area contributed by atoms with Gasteiger partial charge in [0, 0.05) is 31.4 Å². The molecule has 1 saturated heterocycles. The van der Waals surface area contributed by atoms with Crippen LogP contribution in [0.15, 0.2) is 24.3 Å². The molecule has 5 nitrogen and oxygen atoms in total. The molecule has 1 heterocycles. The minimum atomic E-state index is -0.991. The molecule has 2 rings (SSSR count). The number of likely N-dealkylation sites (N-methyl/N-ethyl adjacent to an activating group) is 1. The Morgan fingerprint density at radius 2 is 2.00 bits per heavy atom. The Morgan fingerprint density at radius 1 is 1.35 bits per heavy atom. The molecule has 0 aliphatic carbocycles. The van der Waals surface area contributed by atoms with E-state index in [2.05, 4.69) is 41.2 Å². The third-order valence-electron chi connectivity index (χ3n) is 4.06. The van der Waals surface area contributed by atoms with Gasteiger partial charge < -0.3 is 20.2 Å². The predicted molar refractivity (Wildman–Crippen MR) is 80.3 cm³/mol. The summed E-state index contributed by atoms with van der Waals surface area (Å²) in [6, 6.07) is 8.52. The summed E-state index contributed by atoms with van der Waals surface area (Å²) in [5.41, 5.74) is 2.19. The molecular weight excluding hydrogens is 254 g/mol. The van der Waals surface area contributed by atoms with Crippen LogP contribution in [0.5, 0.6) is 0 Å². The van der Waals surface area contributed by atoms with Crippen LogP contribution in [0.4, 0.5) is 10.5 Å². The second-order valence-electron chi connectivity index (χ2n) is 5.54. The summed E-state index contributed by atoms with van der Waals surface area (Å²) >= 11 is 0. The van der Waals surface area contributed by atoms with Crippen LogP contribution in [0, 0.1) is 0 Å². The van der Waals surface area contributed by atoms with Crippen LogP contribution in [0.1, 0.15) is 25.5 Å². The number of hydrogen-bond acceptors (Lipinski definition) is 3. The van der Waals surface area contributed by atoms with Crippen LogP contribution in [-0.2, 0) is 0 Å². The number of nitrogens with one attached hydrogen (secondary N) is 1. The zero-order chi connectivity index (χ0) is 14.7. The van der Waals surface area contributed by atoms with E-state index in [1.54, 1.807) is 0 Å². The van der Waals surface area contributed by atoms with Crippen molar-refractivity contribution in [1.82, 2.24) is 10.2 Å². The fourth-order valence-corrected chi connectivity index (χ4v) is 2.53. The topological polar surface area (TPSA) is 55.8 Å². The minimum absolute atomic E-state index is 0.187. The van der Waals surface area contributed by atoms with Crippen molar-refractivity contribution in [1.29, 1.82) is 0 Å². The molecule has 5 heteroatoms. The number of carboxylic acid groups (broad SMARTS) is 1. The molecule has 2 N–H and O–H groups in total. The Labute approximate surface area is 120 Å². The van der Waals surface area contributed by atoms with E-state index < -0.39 is 6.09 Å². The molecule has 0 saturated carbocycles. The SMILES string of the molecule is C[C@H](NC(=O)O)c1ccc(N2CCN(C)[C@H](C)C2)cc1. The van der Waals surface area contributed by atoms with E-state index >= 15 is 0 Å². The van der Waals surface area contributed by atoms with Crippen molar-refractivity contribution in [2.75, 3.05) is 31.6 Å². The van der Waals surface area contributed by atoms with Crippen LogP contribution in [0.3, 0.4) is 0 Å². The molecule has 1 amide bonds. The lowest BCUT2D eigenvalue weighted by atomic mass is 10.1. The van der Waals surface area contributed by atoms with E-state index in [9.17, 15) is 4.79 Å². The first-order chi connectivity index (χ1) is 9.47. The lowest BCUT2D eigenvalue weighted by Gasteiger charge is -2.39. The number of rotatable bonds is 3. The fraction of sp³-hybridized carbons (Fsp3) is 0.533. The average Bonchev–Trinajstić information content (AvgIpc) is 2.41. The van der Waals surface area contributed by atoms with Crippen LogP contribution in [-0.4, -0.2) is 48.8 Å². The summed E-state index contributed by atoms with van der Waals surface area (Å²) in [6.07, 6.45) is -0.991. The zero-order valence-corrected chi connectivity index (χ0v) is 12.3. The second-order valence-corrected chi connectivity index (χ2v) is 5.54. The molecular formula is C15H23N3O2. The minimum Gasteiger partial charge on any atom is -0.465 e. The first-order valence-corrected chi connectivity index (χ1v) is 7.02. The molecule has 0 bridgehead atoms. The summed E-state index contributed by atoms with van der Waals surface area (Å²) in [5, 5.41) is 11.2. The summed E-state index contributed by atoms with van der Waals surface area (Å²) in [5.74, 6) is 0. The predicted octanol–water partition coefficient (Wildman–Crippen LogP) is 2.16. The molecule has 1 aromatic carbocycles. The Morgan fingerprint density at radius 3 is 2.55 bits per heavy atom. The highest BCUT2D eigenvalue weighted by molar-refractivity contribution is 5.65. The molecule has 0 unspecified atom stereocenters. The van der Waals surface area contributed by atoms with Crippen molar-refractivity contribution in [2.24, 2.45) is 0 Å². The molecule has 0 radical (unpaired) electrons. The van der Waals surface area contributed by atoms with E-state index in [0.29, 0.717) is 6.04 Å². The molecule has 0 aromatic heterocycles. The van der Waals surface area contributed by atoms with E-state index in [4.69, 9.17) is 5.11 Å². The van der Waals surface area contributed by atoms with Gasteiger partial charge in [0.15, 0.2) is 0 Å². The highest BCUT2D eigenvalue weighted by atomic mass is 16.4. The van der Waals surface area contributed by atoms with Crippen molar-refractivity contribution in [3.05, 3.63) is 29.8 Å². The van der Waals surface area contributed by atoms with E-state index in [1.807, 2.05) is 19.1 Å². The van der Waals surface area contributed by atoms with Crippen LogP contribution in [0.2, 0.25) is 0 Å². The third-order valence-corrected chi connectivity index (χ3v) is 4.06. The van der Waals surface area contributed by atoms with Gasteiger partial charge in [-0.15, -0.1) is 0 Å². The highest BCUT2D eigenvalue weighted by Gasteiger charge is 2.20. The van der Waals surface area contributed by atoms with Gasteiger partial charge in [-0.1, -0.05) is 12.1 Å². The number of benzene rings is 1. The van der Waals surface area contributed by atoms with Crippen molar-refractivity contribution in [3.8, 4) is 0 Å². The maximum atomic E-state index is 10.6. The molecule has 20 heavy (non-hydrogen) atoms. The second kappa shape index (κ2) is 6.13. The maximum Gasteiger partial charge on any atom is 0.405 e. The maximum absolute atomic E-state index is 10.6. The van der Waals surface area contributed by atoms with Crippen molar-refractivity contribution in [2.45, 2.75) is 25.9 Å². The van der Waals surface area contributed by atoms with Crippen molar-refractivity contribution in [3.63, 3.8) is 0 Å². The first-order valence-electron chi connectivity index (χ1n) is 7.02. The first kappa shape index (κ1) is 14.7. The van der Waals surface area contributed by atoms with Crippen LogP contribution in [0.25, 0.3) is 0 Å². The number of hydrogen-bond donors (Lipinski definition) is 2. The number of amides is 1. The molecule has 1 aromatic rings. The van der Waals surface area contributed by atoms with E-state index in [-0.39, 0.29) is 6.04 Å². The average molecular weight is 277 g/mol. The molecule has 0 spiro atoms. The van der Waals surface area contributed by atoms with Crippen LogP contribution < -0.4 is 10.2 Å². The number of anilines is 1. The van der Waals surface area contributed by atoms with Gasteiger partial charge in [-0.2, -0.15) is 0 Å². The molecule has 2 atom stereocenters. The monoisotopic (exact) mass is 277 g/mol. The van der Waals surface area contributed by atoms with Gasteiger partial charge in [-0.05, 0) is 38.6 Å². The quantitative estimate of drug-likeness (QED) is 0.889. The molecule has 1 aliphatic rings. The smallest absolute Gasteiger partial charge is 0.405 e. The Bertz CT molecular complexity index is 461. The third kappa shape index (κ3) is 3.42. The van der Waals surface area contributed by atoms with Gasteiger partial charge >= 0.3 is 6.09 Å². The van der Waals surface area contributed by atoms with Crippen molar-refractivity contribution < 1.29 is 9.90 Å². The largest absolute Gasteiger partial charge is 0.465 e. The van der Waals surface area contributed by atoms with Gasteiger partial charge in [0.2, 0.25) is 0 Å². The summed E-state index contributed by atoms with van der Waals surface area (Å²) in [7, 11) is 2.16. The summed E-state index contributed by atoms with van der Waals surface area (Å²) in [6.45, 7) is 7.21. The molecule has 110 valence electrons. The van der Waals surface area contributed by atoms with Gasteiger partial charge in [-0.25, -0.2) is 4.79 Å². The fourth-order valence-electron chi connectivity index (χ4n) is 2.53. The van der Waals surface area contributed by atoms with Crippen molar-refractivity contribution >= 4 is 11.8 Å². The number of piperazine rings is 1. The van der Waals surface area contributed by atoms with Gasteiger partial charge in [0.25, 0.3) is 0 Å². The lowest BCUT2D eigenvalue weighted by Crippen LogP contribution is -2.50. The normalized spacial score (nSPS) is 21.6. The highest BCUT2D eigenvalue weighted by Crippen LogP contribution is 2.21. The molecule has 1 aliphatic heterocycles. The number of carbonyl (C=O) groups is 1. The van der Waals surface area contributed by atoms with Gasteiger partial charge in [0.1, 0.15) is 0 Å². The lowest BCUT2D eigenvalue weighted by molar-refractivity contribution is 0.191. The van der Waals surface area contributed by atoms with Crippen LogP contribution >= 0.6 is 0 Å². The Hall–Kier alpha value is -1.75. The van der Waals surface area contributed by atoms with E-state index in [1.165, 1.54) is 5.69 Å². The van der Waals surface area contributed by atoms with Gasteiger partial charge in [-0.3, -0.25) is 0 Å². The van der Waals surface area contributed by atoms with Gasteiger partial charge in [0.05, 0.1) is 6.04 Å². The summed E-state index contributed by atoms with van der Waals surface area (Å²) < 4.78 is 0. The Balaban J connectivity index is 2.03.